The van der Waals surface area contributed by atoms with Crippen LogP contribution in [0.1, 0.15) is 42.9 Å². The minimum Gasteiger partial charge on any atom is -0.339 e. The zero-order valence-corrected chi connectivity index (χ0v) is 15.8. The first-order valence-electron chi connectivity index (χ1n) is 8.81. The van der Waals surface area contributed by atoms with Gasteiger partial charge in [-0.2, -0.15) is 0 Å². The summed E-state index contributed by atoms with van der Waals surface area (Å²) in [4.78, 5) is 21.9. The van der Waals surface area contributed by atoms with Crippen molar-refractivity contribution in [1.29, 1.82) is 0 Å². The Balaban J connectivity index is 1.79. The molecule has 0 spiro atoms. The maximum absolute atomic E-state index is 12.0. The number of nitrogens with one attached hydrogen (secondary N) is 3. The van der Waals surface area contributed by atoms with E-state index in [0.717, 1.165) is 23.6 Å². The number of imidazole rings is 1. The molecule has 1 fully saturated rings. The summed E-state index contributed by atoms with van der Waals surface area (Å²) in [6.45, 7) is 1.54. The lowest BCUT2D eigenvalue weighted by Crippen LogP contribution is -2.22. The maximum atomic E-state index is 12.0. The molecule has 6 nitrogen and oxygen atoms in total. The molecule has 8 heteroatoms. The van der Waals surface area contributed by atoms with Crippen molar-refractivity contribution >= 4 is 35.0 Å². The van der Waals surface area contributed by atoms with Gasteiger partial charge in [-0.3, -0.25) is 14.3 Å². The molecule has 3 aromatic rings. The van der Waals surface area contributed by atoms with Crippen LogP contribution in [0.3, 0.4) is 0 Å². The zero-order valence-electron chi connectivity index (χ0n) is 14.2. The third kappa shape index (κ3) is 3.34. The molecule has 0 radical (unpaired) electrons. The summed E-state index contributed by atoms with van der Waals surface area (Å²) in [5.41, 5.74) is 3.06. The van der Waals surface area contributed by atoms with Gasteiger partial charge >= 0.3 is 0 Å². The second-order valence-corrected chi connectivity index (χ2v) is 7.47. The lowest BCUT2D eigenvalue weighted by atomic mass is 9.96. The Hall–Kier alpha value is -1.96. The number of hydrogen-bond acceptors (Lipinski definition) is 4. The van der Waals surface area contributed by atoms with Crippen molar-refractivity contribution in [2.45, 2.75) is 38.3 Å². The molecule has 3 N–H and O–H groups in total. The third-order valence-electron chi connectivity index (χ3n) is 4.94. The Morgan fingerprint density at radius 1 is 1.31 bits per heavy atom. The predicted molar refractivity (Wildman–Crippen MR) is 105 cm³/mol. The highest BCUT2D eigenvalue weighted by molar-refractivity contribution is 7.71. The molecule has 26 heavy (non-hydrogen) atoms. The Bertz CT molecular complexity index is 1050. The van der Waals surface area contributed by atoms with Crippen molar-refractivity contribution in [1.82, 2.24) is 24.8 Å². The Morgan fingerprint density at radius 3 is 3.08 bits per heavy atom. The van der Waals surface area contributed by atoms with Gasteiger partial charge in [-0.25, -0.2) is 4.98 Å². The smallest absolute Gasteiger partial charge is 0.277 e. The molecular weight excluding hydrogens is 370 g/mol. The topological polar surface area (TPSA) is 78.5 Å². The summed E-state index contributed by atoms with van der Waals surface area (Å²) in [5.74, 6) is 0. The molecule has 136 valence electrons. The summed E-state index contributed by atoms with van der Waals surface area (Å²) in [7, 11) is 0. The van der Waals surface area contributed by atoms with Gasteiger partial charge in [-0.05, 0) is 54.9 Å². The summed E-state index contributed by atoms with van der Waals surface area (Å²) in [6.07, 6.45) is 6.25. The fourth-order valence-electron chi connectivity index (χ4n) is 3.63. The highest BCUT2D eigenvalue weighted by atomic mass is 35.5. The van der Waals surface area contributed by atoms with Crippen LogP contribution in [0.5, 0.6) is 0 Å². The van der Waals surface area contributed by atoms with Gasteiger partial charge in [0.05, 0.1) is 12.9 Å². The molecule has 3 heterocycles. The van der Waals surface area contributed by atoms with Gasteiger partial charge in [-0.15, -0.1) is 0 Å². The van der Waals surface area contributed by atoms with E-state index in [1.807, 2.05) is 22.8 Å². The quantitative estimate of drug-likeness (QED) is 0.597. The number of rotatable bonds is 3. The van der Waals surface area contributed by atoms with E-state index in [1.165, 1.54) is 31.2 Å². The Labute approximate surface area is 160 Å². The summed E-state index contributed by atoms with van der Waals surface area (Å²) >= 11 is 11.7. The molecular formula is C18H20ClN5OS. The fourth-order valence-corrected chi connectivity index (χ4v) is 4.05. The molecule has 0 amide bonds. The monoisotopic (exact) mass is 389 g/mol. The number of nitrogens with zero attached hydrogens (tertiary/aromatic N) is 2. The van der Waals surface area contributed by atoms with Crippen molar-refractivity contribution in [3.05, 3.63) is 55.8 Å². The van der Waals surface area contributed by atoms with Gasteiger partial charge in [0.2, 0.25) is 0 Å². The van der Waals surface area contributed by atoms with Crippen molar-refractivity contribution in [3.8, 4) is 0 Å². The van der Waals surface area contributed by atoms with Crippen LogP contribution in [0.4, 0.5) is 0 Å². The van der Waals surface area contributed by atoms with E-state index in [2.05, 4.69) is 20.3 Å². The minimum atomic E-state index is -0.250. The number of aromatic nitrogens is 4. The van der Waals surface area contributed by atoms with Crippen molar-refractivity contribution in [2.75, 3.05) is 6.54 Å². The Kier molecular flexibility index (Phi) is 4.93. The molecule has 0 bridgehead atoms. The number of benzene rings is 1. The zero-order chi connectivity index (χ0) is 18.1. The average molecular weight is 390 g/mol. The molecule has 1 aliphatic heterocycles. The van der Waals surface area contributed by atoms with Crippen molar-refractivity contribution in [3.63, 3.8) is 0 Å². The van der Waals surface area contributed by atoms with Gasteiger partial charge in [0.15, 0.2) is 10.4 Å². The molecule has 1 aliphatic rings. The fraction of sp³-hybridized carbons (Fsp3) is 0.389. The second kappa shape index (κ2) is 7.34. The van der Waals surface area contributed by atoms with Crippen LogP contribution in [0.25, 0.3) is 11.2 Å². The molecule has 1 atom stereocenters. The van der Waals surface area contributed by atoms with Gasteiger partial charge in [0, 0.05) is 11.1 Å². The van der Waals surface area contributed by atoms with Crippen LogP contribution in [0.2, 0.25) is 5.02 Å². The Morgan fingerprint density at radius 2 is 2.19 bits per heavy atom. The van der Waals surface area contributed by atoms with Gasteiger partial charge in [0.1, 0.15) is 5.52 Å². The van der Waals surface area contributed by atoms with Gasteiger partial charge in [-0.1, -0.05) is 30.5 Å². The first kappa shape index (κ1) is 17.5. The van der Waals surface area contributed by atoms with Gasteiger partial charge in [0.25, 0.3) is 5.56 Å². The largest absolute Gasteiger partial charge is 0.339 e. The number of hydrogen-bond donors (Lipinski definition) is 3. The lowest BCUT2D eigenvalue weighted by molar-refractivity contribution is 0.528. The first-order valence-corrected chi connectivity index (χ1v) is 9.60. The first-order chi connectivity index (χ1) is 12.6. The highest BCUT2D eigenvalue weighted by Crippen LogP contribution is 2.29. The normalized spacial score (nSPS) is 18.1. The number of halogens is 1. The van der Waals surface area contributed by atoms with Crippen LogP contribution < -0.4 is 10.9 Å². The molecule has 0 saturated carbocycles. The number of aromatic amines is 2. The van der Waals surface area contributed by atoms with E-state index >= 15 is 0 Å². The van der Waals surface area contributed by atoms with Gasteiger partial charge < -0.3 is 10.3 Å². The van der Waals surface area contributed by atoms with Crippen LogP contribution in [-0.2, 0) is 6.54 Å². The minimum absolute atomic E-state index is 0.250. The highest BCUT2D eigenvalue weighted by Gasteiger charge is 2.18. The van der Waals surface area contributed by atoms with Crippen LogP contribution in [0.15, 0.2) is 29.3 Å². The summed E-state index contributed by atoms with van der Waals surface area (Å²) < 4.78 is 2.22. The van der Waals surface area contributed by atoms with Crippen LogP contribution >= 0.6 is 23.8 Å². The SMILES string of the molecule is O=c1[nH]c(=S)n(Cc2ccc(Cl)cc2C2CCCCCN2)c2nc[nH]c12. The summed E-state index contributed by atoms with van der Waals surface area (Å²) in [5, 5.41) is 4.36. The number of fused-ring (bicyclic) bond motifs is 1. The van der Waals surface area contributed by atoms with Crippen LogP contribution in [-0.4, -0.2) is 26.1 Å². The second-order valence-electron chi connectivity index (χ2n) is 6.65. The molecule has 0 aliphatic carbocycles. The predicted octanol–water partition coefficient (Wildman–Crippen LogP) is 3.69. The van der Waals surface area contributed by atoms with Crippen molar-refractivity contribution < 1.29 is 0 Å². The molecule has 1 unspecified atom stereocenters. The maximum Gasteiger partial charge on any atom is 0.277 e. The molecule has 1 aromatic carbocycles. The number of H-pyrrole nitrogens is 2. The standard InChI is InChI=1S/C18H20ClN5OS/c19-12-6-5-11(13(8-12)14-4-2-1-3-7-20-14)9-24-16-15(21-10-22-16)17(25)23-18(24)26/h5-6,8,10,14,20H,1-4,7,9H2,(H,21,22)(H,23,25,26). The van der Waals surface area contributed by atoms with E-state index in [1.54, 1.807) is 0 Å². The molecule has 2 aromatic heterocycles. The molecule has 1 saturated heterocycles. The van der Waals surface area contributed by atoms with E-state index in [9.17, 15) is 4.79 Å². The summed E-state index contributed by atoms with van der Waals surface area (Å²) in [6, 6.07) is 6.25. The van der Waals surface area contributed by atoms with E-state index in [-0.39, 0.29) is 11.6 Å². The van der Waals surface area contributed by atoms with Crippen LogP contribution in [0, 0.1) is 4.77 Å². The molecule has 4 rings (SSSR count). The van der Waals surface area contributed by atoms with E-state index < -0.39 is 0 Å². The third-order valence-corrected chi connectivity index (χ3v) is 5.50. The average Bonchev–Trinajstić information content (AvgIpc) is 2.95. The van der Waals surface area contributed by atoms with Crippen molar-refractivity contribution in [2.24, 2.45) is 0 Å². The lowest BCUT2D eigenvalue weighted by Gasteiger charge is -2.21. The van der Waals surface area contributed by atoms with E-state index in [0.29, 0.717) is 22.5 Å². The van der Waals surface area contributed by atoms with E-state index in [4.69, 9.17) is 23.8 Å².